The van der Waals surface area contributed by atoms with Gasteiger partial charge >= 0.3 is 0 Å². The van der Waals surface area contributed by atoms with Crippen LogP contribution < -0.4 is 15.4 Å². The van der Waals surface area contributed by atoms with Crippen LogP contribution in [0.2, 0.25) is 5.02 Å². The van der Waals surface area contributed by atoms with Crippen molar-refractivity contribution in [3.8, 4) is 5.75 Å². The van der Waals surface area contributed by atoms with Crippen LogP contribution in [0.15, 0.2) is 18.2 Å². The minimum Gasteiger partial charge on any atom is -0.495 e. The van der Waals surface area contributed by atoms with Gasteiger partial charge in [0.15, 0.2) is 5.11 Å². The molecule has 94 valence electrons. The Morgan fingerprint density at radius 3 is 2.82 bits per heavy atom. The Bertz CT molecular complexity index is 388. The molecule has 0 aromatic heterocycles. The smallest absolute Gasteiger partial charge is 0.170 e. The molecular formula is C11H15ClN2O2S. The summed E-state index contributed by atoms with van der Waals surface area (Å²) in [6.45, 7) is 1.26. The maximum atomic E-state index is 5.92. The topological polar surface area (TPSA) is 42.5 Å². The third-order valence-corrected chi connectivity index (χ3v) is 2.56. The molecule has 1 aromatic rings. The van der Waals surface area contributed by atoms with Crippen molar-refractivity contribution in [1.29, 1.82) is 0 Å². The molecule has 6 heteroatoms. The number of nitrogens with one attached hydrogen (secondary N) is 2. The van der Waals surface area contributed by atoms with Crippen molar-refractivity contribution in [3.63, 3.8) is 0 Å². The van der Waals surface area contributed by atoms with E-state index in [2.05, 4.69) is 10.6 Å². The molecule has 0 radical (unpaired) electrons. The third-order valence-electron chi connectivity index (χ3n) is 2.00. The fourth-order valence-electron chi connectivity index (χ4n) is 1.18. The Hall–Kier alpha value is -1.04. The fraction of sp³-hybridized carbons (Fsp3) is 0.364. The van der Waals surface area contributed by atoms with Crippen LogP contribution in [0.1, 0.15) is 0 Å². The van der Waals surface area contributed by atoms with Gasteiger partial charge in [0.05, 0.1) is 18.7 Å². The van der Waals surface area contributed by atoms with E-state index in [1.165, 1.54) is 0 Å². The monoisotopic (exact) mass is 274 g/mol. The van der Waals surface area contributed by atoms with Crippen molar-refractivity contribution >= 4 is 34.6 Å². The first-order valence-electron chi connectivity index (χ1n) is 5.04. The van der Waals surface area contributed by atoms with E-state index in [1.807, 2.05) is 6.07 Å². The minimum absolute atomic E-state index is 0.534. The normalized spacial score (nSPS) is 9.82. The third kappa shape index (κ3) is 4.77. The summed E-state index contributed by atoms with van der Waals surface area (Å²) in [6.07, 6.45) is 0. The fourth-order valence-corrected chi connectivity index (χ4v) is 1.59. The standard InChI is InChI=1S/C11H15ClN2O2S/c1-15-6-5-13-11(17)14-8-3-4-9(12)10(7-8)16-2/h3-4,7H,5-6H2,1-2H3,(H2,13,14,17). The summed E-state index contributed by atoms with van der Waals surface area (Å²) in [6, 6.07) is 5.36. The van der Waals surface area contributed by atoms with Crippen LogP contribution in [-0.2, 0) is 4.74 Å². The van der Waals surface area contributed by atoms with E-state index in [4.69, 9.17) is 33.3 Å². The second-order valence-electron chi connectivity index (χ2n) is 3.22. The molecule has 0 bridgehead atoms. The maximum Gasteiger partial charge on any atom is 0.170 e. The summed E-state index contributed by atoms with van der Waals surface area (Å²) < 4.78 is 10.0. The number of halogens is 1. The maximum absolute atomic E-state index is 5.92. The summed E-state index contributed by atoms with van der Waals surface area (Å²) >= 11 is 11.0. The zero-order chi connectivity index (χ0) is 12.7. The van der Waals surface area contributed by atoms with Gasteiger partial charge in [-0.1, -0.05) is 11.6 Å². The molecular weight excluding hydrogens is 260 g/mol. The van der Waals surface area contributed by atoms with E-state index in [0.29, 0.717) is 29.0 Å². The second-order valence-corrected chi connectivity index (χ2v) is 4.04. The van der Waals surface area contributed by atoms with Crippen molar-refractivity contribution < 1.29 is 9.47 Å². The lowest BCUT2D eigenvalue weighted by Gasteiger charge is -2.11. The van der Waals surface area contributed by atoms with Crippen molar-refractivity contribution in [2.24, 2.45) is 0 Å². The van der Waals surface area contributed by atoms with Gasteiger partial charge in [-0.2, -0.15) is 0 Å². The Balaban J connectivity index is 2.53. The molecule has 0 fully saturated rings. The van der Waals surface area contributed by atoms with Gasteiger partial charge in [-0.25, -0.2) is 0 Å². The van der Waals surface area contributed by atoms with Crippen LogP contribution >= 0.6 is 23.8 Å². The molecule has 0 aliphatic carbocycles. The highest BCUT2D eigenvalue weighted by molar-refractivity contribution is 7.80. The molecule has 17 heavy (non-hydrogen) atoms. The SMILES string of the molecule is COCCNC(=S)Nc1ccc(Cl)c(OC)c1. The number of thiocarbonyl (C=S) groups is 1. The van der Waals surface area contributed by atoms with Gasteiger partial charge in [-0.15, -0.1) is 0 Å². The summed E-state index contributed by atoms with van der Waals surface area (Å²) in [5.74, 6) is 0.608. The summed E-state index contributed by atoms with van der Waals surface area (Å²) in [7, 11) is 3.21. The molecule has 0 unspecified atom stereocenters. The lowest BCUT2D eigenvalue weighted by atomic mass is 10.3. The van der Waals surface area contributed by atoms with Gasteiger partial charge < -0.3 is 20.1 Å². The van der Waals surface area contributed by atoms with Crippen LogP contribution in [0.4, 0.5) is 5.69 Å². The van der Waals surface area contributed by atoms with Crippen LogP contribution in [0.3, 0.4) is 0 Å². The molecule has 0 spiro atoms. The Morgan fingerprint density at radius 1 is 1.41 bits per heavy atom. The number of anilines is 1. The van der Waals surface area contributed by atoms with E-state index in [1.54, 1.807) is 26.4 Å². The lowest BCUT2D eigenvalue weighted by molar-refractivity contribution is 0.204. The quantitative estimate of drug-likeness (QED) is 0.637. The lowest BCUT2D eigenvalue weighted by Crippen LogP contribution is -2.31. The van der Waals surface area contributed by atoms with E-state index in [9.17, 15) is 0 Å². The molecule has 1 aromatic carbocycles. The first kappa shape index (κ1) is 14.0. The van der Waals surface area contributed by atoms with Gasteiger partial charge in [-0.05, 0) is 24.4 Å². The Morgan fingerprint density at radius 2 is 2.18 bits per heavy atom. The predicted molar refractivity (Wildman–Crippen MR) is 74.1 cm³/mol. The highest BCUT2D eigenvalue weighted by Gasteiger charge is 2.03. The van der Waals surface area contributed by atoms with Crippen LogP contribution in [0.25, 0.3) is 0 Å². The number of hydrogen-bond acceptors (Lipinski definition) is 3. The van der Waals surface area contributed by atoms with Crippen LogP contribution in [0.5, 0.6) is 5.75 Å². The molecule has 2 N–H and O–H groups in total. The van der Waals surface area contributed by atoms with Gasteiger partial charge in [-0.3, -0.25) is 0 Å². The van der Waals surface area contributed by atoms with Crippen LogP contribution in [0, 0.1) is 0 Å². The average molecular weight is 275 g/mol. The summed E-state index contributed by atoms with van der Waals surface area (Å²) in [5.41, 5.74) is 0.821. The first-order valence-corrected chi connectivity index (χ1v) is 5.83. The molecule has 0 aliphatic rings. The molecule has 0 saturated carbocycles. The number of hydrogen-bond donors (Lipinski definition) is 2. The molecule has 1 rings (SSSR count). The zero-order valence-corrected chi connectivity index (χ0v) is 11.3. The van der Waals surface area contributed by atoms with Crippen molar-refractivity contribution in [1.82, 2.24) is 5.32 Å². The molecule has 0 heterocycles. The second kappa shape index (κ2) is 7.32. The molecule has 0 atom stereocenters. The van der Waals surface area contributed by atoms with Crippen molar-refractivity contribution in [2.45, 2.75) is 0 Å². The van der Waals surface area contributed by atoms with E-state index < -0.39 is 0 Å². The largest absolute Gasteiger partial charge is 0.495 e. The van der Waals surface area contributed by atoms with Crippen molar-refractivity contribution in [3.05, 3.63) is 23.2 Å². The minimum atomic E-state index is 0.534. The molecule has 0 amide bonds. The van der Waals surface area contributed by atoms with Gasteiger partial charge in [0, 0.05) is 25.4 Å². The summed E-state index contributed by atoms with van der Waals surface area (Å²) in [5, 5.41) is 7.13. The Kier molecular flexibility index (Phi) is 6.04. The summed E-state index contributed by atoms with van der Waals surface area (Å²) in [4.78, 5) is 0. The highest BCUT2D eigenvalue weighted by Crippen LogP contribution is 2.27. The van der Waals surface area contributed by atoms with Crippen molar-refractivity contribution in [2.75, 3.05) is 32.7 Å². The van der Waals surface area contributed by atoms with E-state index >= 15 is 0 Å². The number of ether oxygens (including phenoxy) is 2. The number of benzene rings is 1. The van der Waals surface area contributed by atoms with Crippen LogP contribution in [-0.4, -0.2) is 32.5 Å². The highest BCUT2D eigenvalue weighted by atomic mass is 35.5. The molecule has 4 nitrogen and oxygen atoms in total. The van der Waals surface area contributed by atoms with Gasteiger partial charge in [0.25, 0.3) is 0 Å². The zero-order valence-electron chi connectivity index (χ0n) is 9.75. The van der Waals surface area contributed by atoms with E-state index in [0.717, 1.165) is 5.69 Å². The first-order chi connectivity index (χ1) is 8.17. The average Bonchev–Trinajstić information content (AvgIpc) is 2.32. The van der Waals surface area contributed by atoms with Gasteiger partial charge in [0.2, 0.25) is 0 Å². The molecule has 0 aliphatic heterocycles. The molecule has 0 saturated heterocycles. The Labute approximate surface area is 111 Å². The van der Waals surface area contributed by atoms with E-state index in [-0.39, 0.29) is 0 Å². The predicted octanol–water partition coefficient (Wildman–Crippen LogP) is 2.28. The number of methoxy groups -OCH3 is 2. The number of rotatable bonds is 5. The van der Waals surface area contributed by atoms with Gasteiger partial charge in [0.1, 0.15) is 5.75 Å².